The molecule has 0 aromatic carbocycles. The zero-order chi connectivity index (χ0) is 10.4. The maximum Gasteiger partial charge on any atom is 0.0186 e. The molecular formula is C13H14Br2. The van der Waals surface area contributed by atoms with E-state index in [2.05, 4.69) is 37.9 Å². The van der Waals surface area contributed by atoms with Crippen molar-refractivity contribution in [1.29, 1.82) is 0 Å². The molecule has 0 amide bonds. The Morgan fingerprint density at radius 3 is 2.87 bits per heavy atom. The van der Waals surface area contributed by atoms with Gasteiger partial charge < -0.3 is 0 Å². The lowest BCUT2D eigenvalue weighted by atomic mass is 9.89. The summed E-state index contributed by atoms with van der Waals surface area (Å²) in [6.45, 7) is 0. The van der Waals surface area contributed by atoms with Crippen LogP contribution in [0.3, 0.4) is 0 Å². The van der Waals surface area contributed by atoms with Crippen molar-refractivity contribution in [2.75, 3.05) is 0 Å². The Labute approximate surface area is 108 Å². The number of alkyl halides is 1. The summed E-state index contributed by atoms with van der Waals surface area (Å²) in [6, 6.07) is 0. The summed E-state index contributed by atoms with van der Waals surface area (Å²) < 4.78 is 1.39. The van der Waals surface area contributed by atoms with Gasteiger partial charge in [-0.05, 0) is 65.8 Å². The Balaban J connectivity index is 1.94. The Kier molecular flexibility index (Phi) is 2.68. The topological polar surface area (TPSA) is 0 Å². The van der Waals surface area contributed by atoms with Gasteiger partial charge in [-0.2, -0.15) is 0 Å². The molecule has 0 saturated carbocycles. The minimum Gasteiger partial charge on any atom is -0.0887 e. The first-order valence-electron chi connectivity index (χ1n) is 5.67. The minimum absolute atomic E-state index is 0.727. The van der Waals surface area contributed by atoms with Crippen LogP contribution in [0.5, 0.6) is 0 Å². The Bertz CT molecular complexity index is 399. The van der Waals surface area contributed by atoms with Crippen LogP contribution in [0.1, 0.15) is 38.5 Å². The van der Waals surface area contributed by atoms with Crippen molar-refractivity contribution >= 4 is 31.9 Å². The van der Waals surface area contributed by atoms with E-state index in [1.165, 1.54) is 43.0 Å². The lowest BCUT2D eigenvalue weighted by molar-refractivity contribution is 0.698. The van der Waals surface area contributed by atoms with Crippen molar-refractivity contribution < 1.29 is 0 Å². The maximum absolute atomic E-state index is 3.76. The highest BCUT2D eigenvalue weighted by molar-refractivity contribution is 9.11. The van der Waals surface area contributed by atoms with Crippen molar-refractivity contribution in [3.63, 3.8) is 0 Å². The fraction of sp³-hybridized carbons (Fsp3) is 0.538. The number of hydrogen-bond acceptors (Lipinski definition) is 0. The third-order valence-electron chi connectivity index (χ3n) is 3.70. The van der Waals surface area contributed by atoms with Crippen molar-refractivity contribution in [2.24, 2.45) is 0 Å². The standard InChI is InChI=1S/C13H14Br2/c14-10-1-3-12-8(6-10)5-9-7-11(15)2-4-13(9)12/h6,11H,1-5,7H2. The monoisotopic (exact) mass is 328 g/mol. The molecule has 0 aromatic heterocycles. The predicted octanol–water partition coefficient (Wildman–Crippen LogP) is 5.00. The summed E-state index contributed by atoms with van der Waals surface area (Å²) in [5, 5.41) is 0. The van der Waals surface area contributed by atoms with Gasteiger partial charge in [0.25, 0.3) is 0 Å². The van der Waals surface area contributed by atoms with Gasteiger partial charge in [0.15, 0.2) is 0 Å². The second-order valence-corrected chi connectivity index (χ2v) is 7.01. The molecule has 0 aromatic rings. The molecule has 3 aliphatic rings. The van der Waals surface area contributed by atoms with Gasteiger partial charge in [0.2, 0.25) is 0 Å². The number of rotatable bonds is 0. The largest absolute Gasteiger partial charge is 0.0887 e. The van der Waals surface area contributed by atoms with Crippen molar-refractivity contribution in [3.05, 3.63) is 32.9 Å². The van der Waals surface area contributed by atoms with Crippen LogP contribution in [-0.4, -0.2) is 4.83 Å². The van der Waals surface area contributed by atoms with E-state index in [1.54, 1.807) is 22.3 Å². The zero-order valence-corrected chi connectivity index (χ0v) is 11.8. The molecule has 0 bridgehead atoms. The van der Waals surface area contributed by atoms with Gasteiger partial charge in [-0.3, -0.25) is 0 Å². The first-order chi connectivity index (χ1) is 7.24. The van der Waals surface area contributed by atoms with Gasteiger partial charge in [0.05, 0.1) is 0 Å². The molecule has 0 fully saturated rings. The molecule has 80 valence electrons. The first-order valence-corrected chi connectivity index (χ1v) is 7.38. The van der Waals surface area contributed by atoms with Crippen molar-refractivity contribution in [1.82, 2.24) is 0 Å². The molecule has 2 heteroatoms. The average Bonchev–Trinajstić information content (AvgIpc) is 2.53. The second-order valence-electron chi connectivity index (χ2n) is 4.69. The van der Waals surface area contributed by atoms with E-state index in [0.717, 1.165) is 4.83 Å². The number of allylic oxidation sites excluding steroid dienone is 6. The van der Waals surface area contributed by atoms with Gasteiger partial charge in [-0.25, -0.2) is 0 Å². The molecule has 0 heterocycles. The summed E-state index contributed by atoms with van der Waals surface area (Å²) in [6.07, 6.45) is 9.94. The fourth-order valence-electron chi connectivity index (χ4n) is 3.00. The van der Waals surface area contributed by atoms with Gasteiger partial charge in [-0.15, -0.1) is 0 Å². The molecule has 0 saturated heterocycles. The predicted molar refractivity (Wildman–Crippen MR) is 71.5 cm³/mol. The molecule has 1 unspecified atom stereocenters. The molecule has 15 heavy (non-hydrogen) atoms. The molecule has 0 aliphatic heterocycles. The number of fused-ring (bicyclic) bond motifs is 1. The normalized spacial score (nSPS) is 30.3. The van der Waals surface area contributed by atoms with Crippen molar-refractivity contribution in [3.8, 4) is 0 Å². The molecule has 3 rings (SSSR count). The van der Waals surface area contributed by atoms with E-state index < -0.39 is 0 Å². The smallest absolute Gasteiger partial charge is 0.0186 e. The van der Waals surface area contributed by atoms with Crippen LogP contribution in [0.15, 0.2) is 32.9 Å². The molecule has 0 N–H and O–H groups in total. The second kappa shape index (κ2) is 3.89. The summed E-state index contributed by atoms with van der Waals surface area (Å²) in [7, 11) is 0. The van der Waals surface area contributed by atoms with E-state index in [1.807, 2.05) is 0 Å². The van der Waals surface area contributed by atoms with E-state index in [4.69, 9.17) is 0 Å². The van der Waals surface area contributed by atoms with Crippen molar-refractivity contribution in [2.45, 2.75) is 43.4 Å². The van der Waals surface area contributed by atoms with Gasteiger partial charge in [0.1, 0.15) is 0 Å². The van der Waals surface area contributed by atoms with E-state index in [-0.39, 0.29) is 0 Å². The van der Waals surface area contributed by atoms with Crippen LogP contribution in [0.2, 0.25) is 0 Å². The molecule has 0 nitrogen and oxygen atoms in total. The molecule has 0 spiro atoms. The van der Waals surface area contributed by atoms with Gasteiger partial charge in [0, 0.05) is 4.83 Å². The van der Waals surface area contributed by atoms with Crippen LogP contribution >= 0.6 is 31.9 Å². The zero-order valence-electron chi connectivity index (χ0n) is 8.65. The van der Waals surface area contributed by atoms with E-state index >= 15 is 0 Å². The van der Waals surface area contributed by atoms with Crippen LogP contribution in [0.25, 0.3) is 0 Å². The molecule has 1 atom stereocenters. The third kappa shape index (κ3) is 1.80. The summed E-state index contributed by atoms with van der Waals surface area (Å²) >= 11 is 7.39. The fourth-order valence-corrected chi connectivity index (χ4v) is 4.09. The van der Waals surface area contributed by atoms with Gasteiger partial charge in [-0.1, -0.05) is 37.4 Å². The highest BCUT2D eigenvalue weighted by Crippen LogP contribution is 2.47. The van der Waals surface area contributed by atoms with Gasteiger partial charge >= 0.3 is 0 Å². The Hall–Kier alpha value is 0.180. The minimum atomic E-state index is 0.727. The lowest BCUT2D eigenvalue weighted by Gasteiger charge is -2.21. The highest BCUT2D eigenvalue weighted by atomic mass is 79.9. The third-order valence-corrected chi connectivity index (χ3v) is 5.11. The Morgan fingerprint density at radius 1 is 1.13 bits per heavy atom. The summed E-state index contributed by atoms with van der Waals surface area (Å²) in [5.41, 5.74) is 6.72. The first kappa shape index (κ1) is 10.3. The Morgan fingerprint density at radius 2 is 2.00 bits per heavy atom. The SMILES string of the molecule is BrC1=CC2=C(CC1)C1=C(C2)CC(Br)CC1. The molecule has 3 aliphatic carbocycles. The molecular weight excluding hydrogens is 316 g/mol. The molecule has 0 radical (unpaired) electrons. The summed E-state index contributed by atoms with van der Waals surface area (Å²) in [5.74, 6) is 0. The average molecular weight is 330 g/mol. The van der Waals surface area contributed by atoms with Crippen LogP contribution in [0, 0.1) is 0 Å². The van der Waals surface area contributed by atoms with Crippen LogP contribution in [0.4, 0.5) is 0 Å². The van der Waals surface area contributed by atoms with Crippen LogP contribution in [-0.2, 0) is 0 Å². The van der Waals surface area contributed by atoms with E-state index in [9.17, 15) is 0 Å². The highest BCUT2D eigenvalue weighted by Gasteiger charge is 2.29. The number of hydrogen-bond donors (Lipinski definition) is 0. The quantitative estimate of drug-likeness (QED) is 0.548. The lowest BCUT2D eigenvalue weighted by Crippen LogP contribution is -2.08. The van der Waals surface area contributed by atoms with Crippen LogP contribution < -0.4 is 0 Å². The maximum atomic E-state index is 3.76. The summed E-state index contributed by atoms with van der Waals surface area (Å²) in [4.78, 5) is 0.727. The van der Waals surface area contributed by atoms with E-state index in [0.29, 0.717) is 0 Å². The number of halogens is 2.